The third-order valence-electron chi connectivity index (χ3n) is 5.20. The largest absolute Gasteiger partial charge is 0.481 e. The molecule has 2 aliphatic heterocycles. The van der Waals surface area contributed by atoms with E-state index in [4.69, 9.17) is 9.47 Å². The number of carboxylic acids is 1. The third-order valence-corrected chi connectivity index (χ3v) is 5.20. The molecule has 1 N–H and O–H groups in total. The molecule has 6 heteroatoms. The Morgan fingerprint density at radius 2 is 1.96 bits per heavy atom. The van der Waals surface area contributed by atoms with Crippen LogP contribution in [0.1, 0.15) is 53.2 Å². The predicted octanol–water partition coefficient (Wildman–Crippen LogP) is 3.58. The number of carboxylic acid groups (broad SMARTS) is 1. The maximum absolute atomic E-state index is 13.2. The molecule has 0 spiro atoms. The van der Waals surface area contributed by atoms with Gasteiger partial charge in [-0.15, -0.1) is 0 Å². The monoisotopic (exact) mass is 367 g/mol. The second-order valence-electron chi connectivity index (χ2n) is 6.81. The molecule has 2 atom stereocenters. The lowest BCUT2D eigenvalue weighted by Gasteiger charge is -2.41. The van der Waals surface area contributed by atoms with Crippen molar-refractivity contribution in [2.75, 3.05) is 13.3 Å². The van der Waals surface area contributed by atoms with Gasteiger partial charge in [-0.2, -0.15) is 0 Å². The van der Waals surface area contributed by atoms with Gasteiger partial charge in [-0.1, -0.05) is 37.6 Å². The molecule has 0 saturated heterocycles. The molecule has 2 aliphatic rings. The lowest BCUT2D eigenvalue weighted by molar-refractivity contribution is -0.140. The molecule has 0 aromatic heterocycles. The van der Waals surface area contributed by atoms with Gasteiger partial charge < -0.3 is 19.5 Å². The van der Waals surface area contributed by atoms with Crippen molar-refractivity contribution in [2.24, 2.45) is 0 Å². The molecule has 140 valence electrons. The Kier molecular flexibility index (Phi) is 4.48. The van der Waals surface area contributed by atoms with Gasteiger partial charge in [0.1, 0.15) is 5.92 Å². The van der Waals surface area contributed by atoms with Crippen LogP contribution >= 0.6 is 0 Å². The van der Waals surface area contributed by atoms with Crippen LogP contribution < -0.4 is 9.47 Å². The Labute approximate surface area is 157 Å². The highest BCUT2D eigenvalue weighted by molar-refractivity contribution is 6.00. The number of fused-ring (bicyclic) bond motifs is 2. The van der Waals surface area contributed by atoms with Crippen LogP contribution in [-0.4, -0.2) is 35.2 Å². The van der Waals surface area contributed by atoms with E-state index in [2.05, 4.69) is 0 Å². The molecule has 0 aliphatic carbocycles. The number of ether oxygens (including phenoxy) is 2. The van der Waals surface area contributed by atoms with Crippen LogP contribution in [0.15, 0.2) is 42.5 Å². The van der Waals surface area contributed by atoms with E-state index in [9.17, 15) is 14.7 Å². The Bertz CT molecular complexity index is 894. The van der Waals surface area contributed by atoms with Crippen LogP contribution in [0.2, 0.25) is 0 Å². The summed E-state index contributed by atoms with van der Waals surface area (Å²) in [5.41, 5.74) is 1.77. The van der Waals surface area contributed by atoms with Crippen molar-refractivity contribution < 1.29 is 24.2 Å². The fourth-order valence-corrected chi connectivity index (χ4v) is 3.90. The van der Waals surface area contributed by atoms with E-state index in [0.29, 0.717) is 29.2 Å². The molecule has 0 unspecified atom stereocenters. The van der Waals surface area contributed by atoms with Crippen molar-refractivity contribution in [3.05, 3.63) is 59.2 Å². The van der Waals surface area contributed by atoms with Crippen LogP contribution in [0.3, 0.4) is 0 Å². The zero-order chi connectivity index (χ0) is 19.0. The molecule has 1 amide bonds. The van der Waals surface area contributed by atoms with Crippen molar-refractivity contribution in [1.82, 2.24) is 4.90 Å². The van der Waals surface area contributed by atoms with Crippen molar-refractivity contribution in [3.8, 4) is 11.5 Å². The normalized spacial score (nSPS) is 20.5. The number of amides is 1. The third kappa shape index (κ3) is 2.91. The maximum Gasteiger partial charge on any atom is 0.313 e. The van der Waals surface area contributed by atoms with Crippen LogP contribution in [-0.2, 0) is 4.79 Å². The van der Waals surface area contributed by atoms with E-state index in [-0.39, 0.29) is 12.7 Å². The van der Waals surface area contributed by atoms with Gasteiger partial charge in [0.2, 0.25) is 6.79 Å². The highest BCUT2D eigenvalue weighted by Gasteiger charge is 2.44. The van der Waals surface area contributed by atoms with Gasteiger partial charge in [0, 0.05) is 12.1 Å². The number of nitrogens with zero attached hydrogens (tertiary/aromatic N) is 1. The standard InChI is InChI=1S/C21H21NO5/c1-2-3-10-22-19(13-8-9-16-17(11-13)27-12-26-16)18(21(24)25)14-6-4-5-7-15(14)20(22)23/h4-9,11,18-19H,2-3,10,12H2,1H3,(H,24,25)/t18-,19-/m1/s1. The molecule has 0 fully saturated rings. The van der Waals surface area contributed by atoms with E-state index >= 15 is 0 Å². The summed E-state index contributed by atoms with van der Waals surface area (Å²) >= 11 is 0. The van der Waals surface area contributed by atoms with Crippen molar-refractivity contribution >= 4 is 11.9 Å². The minimum atomic E-state index is -0.945. The highest BCUT2D eigenvalue weighted by Crippen LogP contribution is 2.45. The van der Waals surface area contributed by atoms with Crippen LogP contribution in [0, 0.1) is 0 Å². The number of rotatable bonds is 5. The minimum Gasteiger partial charge on any atom is -0.481 e. The van der Waals surface area contributed by atoms with Crippen LogP contribution in [0.25, 0.3) is 0 Å². The molecule has 2 aromatic rings. The molecule has 0 radical (unpaired) electrons. The number of hydrogen-bond acceptors (Lipinski definition) is 4. The molecule has 0 saturated carbocycles. The molecule has 2 heterocycles. The van der Waals surface area contributed by atoms with Gasteiger partial charge in [0.05, 0.1) is 6.04 Å². The Morgan fingerprint density at radius 3 is 2.74 bits per heavy atom. The molecular formula is C21H21NO5. The summed E-state index contributed by atoms with van der Waals surface area (Å²) < 4.78 is 10.8. The fraction of sp³-hybridized carbons (Fsp3) is 0.333. The number of unbranched alkanes of at least 4 members (excludes halogenated alkanes) is 1. The first-order valence-electron chi connectivity index (χ1n) is 9.14. The summed E-state index contributed by atoms with van der Waals surface area (Å²) in [5.74, 6) is -0.693. The summed E-state index contributed by atoms with van der Waals surface area (Å²) in [6.07, 6.45) is 1.72. The van der Waals surface area contributed by atoms with Crippen molar-refractivity contribution in [1.29, 1.82) is 0 Å². The van der Waals surface area contributed by atoms with Crippen molar-refractivity contribution in [2.45, 2.75) is 31.7 Å². The Hall–Kier alpha value is -3.02. The average molecular weight is 367 g/mol. The number of aliphatic carboxylic acids is 1. The minimum absolute atomic E-state index is 0.126. The number of benzene rings is 2. The zero-order valence-corrected chi connectivity index (χ0v) is 15.1. The maximum atomic E-state index is 13.2. The molecule has 6 nitrogen and oxygen atoms in total. The lowest BCUT2D eigenvalue weighted by Crippen LogP contribution is -2.45. The number of carbonyl (C=O) groups is 2. The SMILES string of the molecule is CCCCN1C(=O)c2ccccc2[C@@H](C(=O)O)[C@H]1c1ccc2c(c1)OCO2. The zero-order valence-electron chi connectivity index (χ0n) is 15.1. The summed E-state index contributed by atoms with van der Waals surface area (Å²) in [6, 6.07) is 11.8. The van der Waals surface area contributed by atoms with Crippen LogP contribution in [0.4, 0.5) is 0 Å². The summed E-state index contributed by atoms with van der Waals surface area (Å²) in [6.45, 7) is 2.70. The molecular weight excluding hydrogens is 346 g/mol. The topological polar surface area (TPSA) is 76.1 Å². The smallest absolute Gasteiger partial charge is 0.313 e. The van der Waals surface area contributed by atoms with Gasteiger partial charge in [-0.05, 0) is 35.7 Å². The fourth-order valence-electron chi connectivity index (χ4n) is 3.90. The molecule has 2 aromatic carbocycles. The molecule has 27 heavy (non-hydrogen) atoms. The van der Waals surface area contributed by atoms with E-state index in [1.54, 1.807) is 41.3 Å². The van der Waals surface area contributed by atoms with Gasteiger partial charge in [-0.3, -0.25) is 9.59 Å². The molecule has 0 bridgehead atoms. The molecule has 4 rings (SSSR count). The summed E-state index contributed by atoms with van der Waals surface area (Å²) in [4.78, 5) is 27.1. The first-order valence-corrected chi connectivity index (χ1v) is 9.14. The summed E-state index contributed by atoms with van der Waals surface area (Å²) in [5, 5.41) is 10.0. The first-order chi connectivity index (χ1) is 13.1. The number of carbonyl (C=O) groups excluding carboxylic acids is 1. The van der Waals surface area contributed by atoms with Crippen LogP contribution in [0.5, 0.6) is 11.5 Å². The average Bonchev–Trinajstić information content (AvgIpc) is 3.14. The van der Waals surface area contributed by atoms with Crippen molar-refractivity contribution in [3.63, 3.8) is 0 Å². The Balaban J connectivity index is 1.86. The highest BCUT2D eigenvalue weighted by atomic mass is 16.7. The predicted molar refractivity (Wildman–Crippen MR) is 98.1 cm³/mol. The van der Waals surface area contributed by atoms with E-state index in [0.717, 1.165) is 18.4 Å². The Morgan fingerprint density at radius 1 is 1.19 bits per heavy atom. The van der Waals surface area contributed by atoms with E-state index < -0.39 is 17.9 Å². The first kappa shape index (κ1) is 17.4. The number of hydrogen-bond donors (Lipinski definition) is 1. The van der Waals surface area contributed by atoms with Gasteiger partial charge in [0.15, 0.2) is 11.5 Å². The quantitative estimate of drug-likeness (QED) is 0.874. The second kappa shape index (κ2) is 6.95. The summed E-state index contributed by atoms with van der Waals surface area (Å²) in [7, 11) is 0. The second-order valence-corrected chi connectivity index (χ2v) is 6.81. The van der Waals surface area contributed by atoms with E-state index in [1.807, 2.05) is 13.0 Å². The van der Waals surface area contributed by atoms with Gasteiger partial charge in [0.25, 0.3) is 5.91 Å². The van der Waals surface area contributed by atoms with E-state index in [1.165, 1.54) is 0 Å². The van der Waals surface area contributed by atoms with Gasteiger partial charge in [-0.25, -0.2) is 0 Å². The lowest BCUT2D eigenvalue weighted by atomic mass is 9.79. The van der Waals surface area contributed by atoms with Gasteiger partial charge >= 0.3 is 5.97 Å².